The molecule has 1 heterocycles. The van der Waals surface area contributed by atoms with Crippen LogP contribution in [0.15, 0.2) is 11.6 Å². The van der Waals surface area contributed by atoms with Gasteiger partial charge in [-0.3, -0.25) is 9.69 Å². The SMILES string of the molecule is CC(c1nccs1)N(C)CC(=O)O. The molecule has 72 valence electrons. The molecule has 1 N–H and O–H groups in total. The van der Waals surface area contributed by atoms with Gasteiger partial charge in [-0.15, -0.1) is 11.3 Å². The average molecular weight is 200 g/mol. The Hall–Kier alpha value is -0.940. The molecule has 1 rings (SSSR count). The molecule has 0 saturated heterocycles. The maximum Gasteiger partial charge on any atom is 0.317 e. The van der Waals surface area contributed by atoms with Crippen molar-refractivity contribution >= 4 is 17.3 Å². The summed E-state index contributed by atoms with van der Waals surface area (Å²) in [7, 11) is 1.78. The summed E-state index contributed by atoms with van der Waals surface area (Å²) in [6, 6.07) is 0.0658. The van der Waals surface area contributed by atoms with E-state index in [0.717, 1.165) is 5.01 Å². The van der Waals surface area contributed by atoms with Crippen molar-refractivity contribution in [3.63, 3.8) is 0 Å². The zero-order valence-electron chi connectivity index (χ0n) is 7.60. The van der Waals surface area contributed by atoms with E-state index in [1.165, 1.54) is 0 Å². The van der Waals surface area contributed by atoms with Gasteiger partial charge in [0.05, 0.1) is 12.6 Å². The van der Waals surface area contributed by atoms with Crippen LogP contribution in [-0.2, 0) is 4.79 Å². The fraction of sp³-hybridized carbons (Fsp3) is 0.500. The predicted molar refractivity (Wildman–Crippen MR) is 50.8 cm³/mol. The quantitative estimate of drug-likeness (QED) is 0.794. The van der Waals surface area contributed by atoms with Crippen LogP contribution in [0, 0.1) is 0 Å². The van der Waals surface area contributed by atoms with Crippen molar-refractivity contribution in [3.05, 3.63) is 16.6 Å². The summed E-state index contributed by atoms with van der Waals surface area (Å²) in [5, 5.41) is 11.4. The van der Waals surface area contributed by atoms with Gasteiger partial charge < -0.3 is 5.11 Å². The van der Waals surface area contributed by atoms with Gasteiger partial charge >= 0.3 is 5.97 Å². The Labute approximate surface area is 80.8 Å². The van der Waals surface area contributed by atoms with Gasteiger partial charge in [-0.1, -0.05) is 0 Å². The van der Waals surface area contributed by atoms with E-state index in [1.807, 2.05) is 12.3 Å². The number of hydrogen-bond acceptors (Lipinski definition) is 4. The van der Waals surface area contributed by atoms with Crippen molar-refractivity contribution in [1.29, 1.82) is 0 Å². The van der Waals surface area contributed by atoms with E-state index in [4.69, 9.17) is 5.11 Å². The van der Waals surface area contributed by atoms with Crippen LogP contribution in [-0.4, -0.2) is 34.6 Å². The number of likely N-dealkylation sites (N-methyl/N-ethyl adjacent to an activating group) is 1. The van der Waals surface area contributed by atoms with Crippen molar-refractivity contribution in [1.82, 2.24) is 9.88 Å². The summed E-state index contributed by atoms with van der Waals surface area (Å²) < 4.78 is 0. The van der Waals surface area contributed by atoms with E-state index in [2.05, 4.69) is 4.98 Å². The minimum atomic E-state index is -0.814. The molecule has 0 bridgehead atoms. The fourth-order valence-electron chi connectivity index (χ4n) is 0.980. The number of carboxylic acid groups (broad SMARTS) is 1. The topological polar surface area (TPSA) is 53.4 Å². The molecule has 1 aromatic rings. The highest BCUT2D eigenvalue weighted by Crippen LogP contribution is 2.19. The molecule has 1 aromatic heterocycles. The summed E-state index contributed by atoms with van der Waals surface area (Å²) in [5.74, 6) is -0.814. The van der Waals surface area contributed by atoms with Crippen molar-refractivity contribution in [2.75, 3.05) is 13.6 Å². The lowest BCUT2D eigenvalue weighted by Crippen LogP contribution is -2.28. The molecular formula is C8H12N2O2S. The molecule has 0 saturated carbocycles. The van der Waals surface area contributed by atoms with Crippen LogP contribution in [0.2, 0.25) is 0 Å². The normalized spacial score (nSPS) is 13.2. The van der Waals surface area contributed by atoms with Crippen molar-refractivity contribution in [2.45, 2.75) is 13.0 Å². The molecule has 0 spiro atoms. The standard InChI is InChI=1S/C8H12N2O2S/c1-6(8-9-3-4-13-8)10(2)5-7(11)12/h3-4,6H,5H2,1-2H3,(H,11,12). The molecule has 0 radical (unpaired) electrons. The van der Waals surface area contributed by atoms with Gasteiger partial charge in [-0.05, 0) is 14.0 Å². The summed E-state index contributed by atoms with van der Waals surface area (Å²) >= 11 is 1.54. The lowest BCUT2D eigenvalue weighted by atomic mass is 10.3. The molecule has 0 aliphatic carbocycles. The summed E-state index contributed by atoms with van der Waals surface area (Å²) in [6.07, 6.45) is 1.73. The average Bonchev–Trinajstić information content (AvgIpc) is 2.53. The molecule has 13 heavy (non-hydrogen) atoms. The van der Waals surface area contributed by atoms with Crippen LogP contribution in [0.4, 0.5) is 0 Å². The molecule has 0 aromatic carbocycles. The molecule has 1 atom stereocenters. The first-order chi connectivity index (χ1) is 6.11. The van der Waals surface area contributed by atoms with Crippen LogP contribution in [0.5, 0.6) is 0 Å². The number of aromatic nitrogens is 1. The van der Waals surface area contributed by atoms with Crippen LogP contribution in [0.25, 0.3) is 0 Å². The van der Waals surface area contributed by atoms with Crippen molar-refractivity contribution in [3.8, 4) is 0 Å². The number of carbonyl (C=O) groups is 1. The highest BCUT2D eigenvalue weighted by atomic mass is 32.1. The zero-order valence-corrected chi connectivity index (χ0v) is 8.41. The van der Waals surface area contributed by atoms with Gasteiger partial charge in [0.15, 0.2) is 0 Å². The summed E-state index contributed by atoms with van der Waals surface area (Å²) in [4.78, 5) is 16.3. The smallest absolute Gasteiger partial charge is 0.317 e. The third kappa shape index (κ3) is 2.78. The van der Waals surface area contributed by atoms with E-state index in [1.54, 1.807) is 29.5 Å². The maximum atomic E-state index is 10.4. The van der Waals surface area contributed by atoms with E-state index in [9.17, 15) is 4.79 Å². The second kappa shape index (κ2) is 4.34. The van der Waals surface area contributed by atoms with Crippen LogP contribution in [0.1, 0.15) is 18.0 Å². The first kappa shape index (κ1) is 10.1. The van der Waals surface area contributed by atoms with Gasteiger partial charge in [-0.2, -0.15) is 0 Å². The third-order valence-corrected chi connectivity index (χ3v) is 2.80. The molecular weight excluding hydrogens is 188 g/mol. The predicted octanol–water partition coefficient (Wildman–Crippen LogP) is 1.22. The largest absolute Gasteiger partial charge is 0.480 e. The molecule has 0 fully saturated rings. The van der Waals surface area contributed by atoms with E-state index in [-0.39, 0.29) is 12.6 Å². The van der Waals surface area contributed by atoms with E-state index < -0.39 is 5.97 Å². The van der Waals surface area contributed by atoms with Gasteiger partial charge in [0, 0.05) is 11.6 Å². The highest BCUT2D eigenvalue weighted by Gasteiger charge is 2.15. The van der Waals surface area contributed by atoms with E-state index >= 15 is 0 Å². The van der Waals surface area contributed by atoms with Crippen LogP contribution >= 0.6 is 11.3 Å². The molecule has 0 aliphatic rings. The fourth-order valence-corrected chi connectivity index (χ4v) is 1.74. The number of carboxylic acids is 1. The first-order valence-corrected chi connectivity index (χ1v) is 4.80. The first-order valence-electron chi connectivity index (χ1n) is 3.92. The summed E-state index contributed by atoms with van der Waals surface area (Å²) in [5.41, 5.74) is 0. The van der Waals surface area contributed by atoms with Gasteiger partial charge in [0.25, 0.3) is 0 Å². The molecule has 4 nitrogen and oxygen atoms in total. The van der Waals surface area contributed by atoms with Gasteiger partial charge in [0.1, 0.15) is 5.01 Å². The van der Waals surface area contributed by atoms with Crippen LogP contribution in [0.3, 0.4) is 0 Å². The Morgan fingerprint density at radius 1 is 1.85 bits per heavy atom. The van der Waals surface area contributed by atoms with Crippen molar-refractivity contribution < 1.29 is 9.90 Å². The number of aliphatic carboxylic acids is 1. The maximum absolute atomic E-state index is 10.4. The Kier molecular flexibility index (Phi) is 3.39. The Morgan fingerprint density at radius 2 is 2.54 bits per heavy atom. The van der Waals surface area contributed by atoms with Gasteiger partial charge in [0.2, 0.25) is 0 Å². The highest BCUT2D eigenvalue weighted by molar-refractivity contribution is 7.09. The Balaban J connectivity index is 2.57. The number of thiazole rings is 1. The van der Waals surface area contributed by atoms with E-state index in [0.29, 0.717) is 0 Å². The van der Waals surface area contributed by atoms with Crippen molar-refractivity contribution in [2.24, 2.45) is 0 Å². The minimum Gasteiger partial charge on any atom is -0.480 e. The minimum absolute atomic E-state index is 0.0424. The molecule has 0 amide bonds. The second-order valence-electron chi connectivity index (χ2n) is 2.86. The second-order valence-corrected chi connectivity index (χ2v) is 3.78. The van der Waals surface area contributed by atoms with Crippen LogP contribution < -0.4 is 0 Å². The molecule has 1 unspecified atom stereocenters. The number of hydrogen-bond donors (Lipinski definition) is 1. The third-order valence-electron chi connectivity index (χ3n) is 1.85. The molecule has 5 heteroatoms. The Morgan fingerprint density at radius 3 is 3.00 bits per heavy atom. The van der Waals surface area contributed by atoms with Gasteiger partial charge in [-0.25, -0.2) is 4.98 Å². The molecule has 0 aliphatic heterocycles. The monoisotopic (exact) mass is 200 g/mol. The zero-order chi connectivity index (χ0) is 9.84. The summed E-state index contributed by atoms with van der Waals surface area (Å²) in [6.45, 7) is 1.99. The number of rotatable bonds is 4. The Bertz CT molecular complexity index is 274. The number of nitrogens with zero attached hydrogens (tertiary/aromatic N) is 2. The lowest BCUT2D eigenvalue weighted by molar-refractivity contribution is -0.138. The lowest BCUT2D eigenvalue weighted by Gasteiger charge is -2.20.